The largest absolute Gasteiger partial charge is 0.331 e. The van der Waals surface area contributed by atoms with Crippen LogP contribution in [0, 0.1) is 10.1 Å². The quantitative estimate of drug-likeness (QED) is 0.492. The van der Waals surface area contributed by atoms with Crippen molar-refractivity contribution in [1.29, 1.82) is 0 Å². The molecule has 0 aliphatic rings. The minimum absolute atomic E-state index is 0.0817. The smallest absolute Gasteiger partial charge is 0.271 e. The highest BCUT2D eigenvalue weighted by atomic mass is 79.9. The zero-order valence-electron chi connectivity index (χ0n) is 8.47. The zero-order valence-corrected chi connectivity index (χ0v) is 10.1. The molecule has 0 fully saturated rings. The second-order valence-electron chi connectivity index (χ2n) is 3.41. The molecule has 0 saturated heterocycles. The Kier molecular flexibility index (Phi) is 3.19. The van der Waals surface area contributed by atoms with E-state index in [1.165, 1.54) is 12.1 Å². The summed E-state index contributed by atoms with van der Waals surface area (Å²) >= 11 is 3.37. The number of rotatable bonds is 4. The van der Waals surface area contributed by atoms with Crippen LogP contribution >= 0.6 is 15.9 Å². The summed E-state index contributed by atoms with van der Waals surface area (Å²) in [7, 11) is 0. The normalized spacial score (nSPS) is 10.8. The van der Waals surface area contributed by atoms with Gasteiger partial charge in [0.1, 0.15) is 0 Å². The first-order valence-electron chi connectivity index (χ1n) is 4.87. The van der Waals surface area contributed by atoms with E-state index in [2.05, 4.69) is 20.9 Å². The summed E-state index contributed by atoms with van der Waals surface area (Å²) in [5, 5.41) is 11.5. The molecule has 0 bridgehead atoms. The molecular weight excluding hydrogens is 274 g/mol. The predicted molar refractivity (Wildman–Crippen MR) is 64.8 cm³/mol. The van der Waals surface area contributed by atoms with Gasteiger partial charge >= 0.3 is 0 Å². The molecule has 5 nitrogen and oxygen atoms in total. The fraction of sp³-hybridized carbons (Fsp3) is 0.300. The van der Waals surface area contributed by atoms with E-state index in [9.17, 15) is 10.1 Å². The minimum Gasteiger partial charge on any atom is -0.331 e. The lowest BCUT2D eigenvalue weighted by Gasteiger charge is -2.01. The molecule has 1 heterocycles. The summed E-state index contributed by atoms with van der Waals surface area (Å²) in [5.74, 6) is 0. The first kappa shape index (κ1) is 11.1. The summed E-state index contributed by atoms with van der Waals surface area (Å²) in [5.41, 5.74) is 1.69. The third-order valence-corrected chi connectivity index (χ3v) is 2.91. The standard InChI is InChI=1S/C10H10BrN3O2/c11-4-1-5-13-7-12-9-6-8(14(15)16)2-3-10(9)13/h2-3,6-7H,1,4-5H2. The van der Waals surface area contributed by atoms with E-state index in [0.717, 1.165) is 23.8 Å². The van der Waals surface area contributed by atoms with Gasteiger partial charge in [-0.1, -0.05) is 15.9 Å². The lowest BCUT2D eigenvalue weighted by molar-refractivity contribution is -0.384. The van der Waals surface area contributed by atoms with Gasteiger partial charge in [-0.2, -0.15) is 0 Å². The molecule has 0 amide bonds. The number of alkyl halides is 1. The Labute approximate surface area is 100 Å². The topological polar surface area (TPSA) is 61.0 Å². The van der Waals surface area contributed by atoms with Crippen LogP contribution in [0.4, 0.5) is 5.69 Å². The van der Waals surface area contributed by atoms with Gasteiger partial charge in [0.2, 0.25) is 0 Å². The number of fused-ring (bicyclic) bond motifs is 1. The highest BCUT2D eigenvalue weighted by molar-refractivity contribution is 9.09. The minimum atomic E-state index is -0.406. The molecule has 0 unspecified atom stereocenters. The molecule has 2 aromatic rings. The number of hydrogen-bond acceptors (Lipinski definition) is 3. The number of halogens is 1. The molecule has 0 saturated carbocycles. The summed E-state index contributed by atoms with van der Waals surface area (Å²) in [6.07, 6.45) is 2.72. The van der Waals surface area contributed by atoms with Crippen molar-refractivity contribution in [2.75, 3.05) is 5.33 Å². The molecule has 0 N–H and O–H groups in total. The Morgan fingerprint density at radius 3 is 3.00 bits per heavy atom. The van der Waals surface area contributed by atoms with E-state index >= 15 is 0 Å². The molecule has 16 heavy (non-hydrogen) atoms. The number of aryl methyl sites for hydroxylation is 1. The van der Waals surface area contributed by atoms with Crippen molar-refractivity contribution >= 4 is 32.7 Å². The van der Waals surface area contributed by atoms with Crippen molar-refractivity contribution < 1.29 is 4.92 Å². The Bertz CT molecular complexity index is 524. The maximum absolute atomic E-state index is 10.6. The number of nitrogens with zero attached hydrogens (tertiary/aromatic N) is 3. The third-order valence-electron chi connectivity index (χ3n) is 2.35. The third kappa shape index (κ3) is 2.06. The Hall–Kier alpha value is -1.43. The average molecular weight is 284 g/mol. The van der Waals surface area contributed by atoms with Crippen LogP contribution in [0.15, 0.2) is 24.5 Å². The van der Waals surface area contributed by atoms with Crippen molar-refractivity contribution in [3.05, 3.63) is 34.6 Å². The summed E-state index contributed by atoms with van der Waals surface area (Å²) < 4.78 is 2.00. The number of aromatic nitrogens is 2. The van der Waals surface area contributed by atoms with E-state index < -0.39 is 4.92 Å². The Morgan fingerprint density at radius 1 is 1.50 bits per heavy atom. The van der Waals surface area contributed by atoms with Gasteiger partial charge in [0, 0.05) is 24.0 Å². The summed E-state index contributed by atoms with van der Waals surface area (Å²) in [6.45, 7) is 0.861. The summed E-state index contributed by atoms with van der Waals surface area (Å²) in [4.78, 5) is 14.3. The van der Waals surface area contributed by atoms with Crippen molar-refractivity contribution in [2.45, 2.75) is 13.0 Å². The molecule has 1 aromatic carbocycles. The molecule has 0 aliphatic carbocycles. The first-order chi connectivity index (χ1) is 7.72. The maximum Gasteiger partial charge on any atom is 0.271 e. The fourth-order valence-electron chi connectivity index (χ4n) is 1.57. The van der Waals surface area contributed by atoms with Crippen LogP contribution in [-0.4, -0.2) is 19.8 Å². The molecule has 0 spiro atoms. The highest BCUT2D eigenvalue weighted by Crippen LogP contribution is 2.19. The van der Waals surface area contributed by atoms with Gasteiger partial charge in [-0.05, 0) is 12.5 Å². The molecule has 0 radical (unpaired) electrons. The first-order valence-corrected chi connectivity index (χ1v) is 6.00. The average Bonchev–Trinajstić information content (AvgIpc) is 2.68. The molecule has 2 rings (SSSR count). The van der Waals surface area contributed by atoms with Crippen LogP contribution in [0.2, 0.25) is 0 Å². The molecule has 6 heteroatoms. The number of non-ortho nitro benzene ring substituents is 1. The zero-order chi connectivity index (χ0) is 11.5. The molecule has 1 aromatic heterocycles. The van der Waals surface area contributed by atoms with Crippen LogP contribution in [0.25, 0.3) is 11.0 Å². The van der Waals surface area contributed by atoms with E-state index in [-0.39, 0.29) is 5.69 Å². The van der Waals surface area contributed by atoms with E-state index in [1.807, 2.05) is 4.57 Å². The van der Waals surface area contributed by atoms with Gasteiger partial charge < -0.3 is 4.57 Å². The Morgan fingerprint density at radius 2 is 2.31 bits per heavy atom. The van der Waals surface area contributed by atoms with Crippen molar-refractivity contribution in [1.82, 2.24) is 9.55 Å². The van der Waals surface area contributed by atoms with Gasteiger partial charge in [-0.25, -0.2) is 4.98 Å². The summed E-state index contributed by atoms with van der Waals surface area (Å²) in [6, 6.07) is 4.75. The lowest BCUT2D eigenvalue weighted by Crippen LogP contribution is -1.96. The predicted octanol–water partition coefficient (Wildman–Crippen LogP) is 2.73. The van der Waals surface area contributed by atoms with E-state index in [4.69, 9.17) is 0 Å². The van der Waals surface area contributed by atoms with Crippen LogP contribution in [0.1, 0.15) is 6.42 Å². The molecule has 84 valence electrons. The molecule has 0 atom stereocenters. The van der Waals surface area contributed by atoms with Crippen molar-refractivity contribution in [3.63, 3.8) is 0 Å². The van der Waals surface area contributed by atoms with Gasteiger partial charge in [0.05, 0.1) is 22.3 Å². The van der Waals surface area contributed by atoms with Crippen LogP contribution in [0.3, 0.4) is 0 Å². The molecular formula is C10H10BrN3O2. The van der Waals surface area contributed by atoms with E-state index in [1.54, 1.807) is 12.4 Å². The van der Waals surface area contributed by atoms with Gasteiger partial charge in [-0.15, -0.1) is 0 Å². The van der Waals surface area contributed by atoms with Crippen molar-refractivity contribution in [2.24, 2.45) is 0 Å². The SMILES string of the molecule is O=[N+]([O-])c1ccc2c(c1)ncn2CCCBr. The van der Waals surface area contributed by atoms with Crippen molar-refractivity contribution in [3.8, 4) is 0 Å². The van der Waals surface area contributed by atoms with Gasteiger partial charge in [-0.3, -0.25) is 10.1 Å². The van der Waals surface area contributed by atoms with Crippen LogP contribution in [0.5, 0.6) is 0 Å². The number of hydrogen-bond donors (Lipinski definition) is 0. The maximum atomic E-state index is 10.6. The van der Waals surface area contributed by atoms with Gasteiger partial charge in [0.15, 0.2) is 0 Å². The van der Waals surface area contributed by atoms with Gasteiger partial charge in [0.25, 0.3) is 5.69 Å². The number of imidazole rings is 1. The fourth-order valence-corrected chi connectivity index (χ4v) is 1.82. The molecule has 0 aliphatic heterocycles. The Balaban J connectivity index is 2.38. The van der Waals surface area contributed by atoms with E-state index in [0.29, 0.717) is 5.52 Å². The van der Waals surface area contributed by atoms with Crippen LogP contribution < -0.4 is 0 Å². The monoisotopic (exact) mass is 283 g/mol. The lowest BCUT2D eigenvalue weighted by atomic mass is 10.3. The van der Waals surface area contributed by atoms with Crippen LogP contribution in [-0.2, 0) is 6.54 Å². The number of nitro groups is 1. The number of benzene rings is 1. The second kappa shape index (κ2) is 4.61. The second-order valence-corrected chi connectivity index (χ2v) is 4.20. The highest BCUT2D eigenvalue weighted by Gasteiger charge is 2.09. The number of nitro benzene ring substituents is 1.